The maximum Gasteiger partial charge on any atom is 0.255 e. The van der Waals surface area contributed by atoms with Crippen molar-refractivity contribution in [2.45, 2.75) is 20.4 Å². The predicted molar refractivity (Wildman–Crippen MR) is 101 cm³/mol. The van der Waals surface area contributed by atoms with Gasteiger partial charge in [-0.1, -0.05) is 18.2 Å². The van der Waals surface area contributed by atoms with Crippen molar-refractivity contribution in [3.05, 3.63) is 65.2 Å². The molecule has 0 fully saturated rings. The first-order valence-electron chi connectivity index (χ1n) is 8.36. The van der Waals surface area contributed by atoms with Gasteiger partial charge in [0.2, 0.25) is 5.95 Å². The summed E-state index contributed by atoms with van der Waals surface area (Å²) < 4.78 is 1.76. The summed E-state index contributed by atoms with van der Waals surface area (Å²) in [7, 11) is 3.77. The summed E-state index contributed by atoms with van der Waals surface area (Å²) in [6.45, 7) is 4.13. The molecule has 2 aromatic heterocycles. The molecule has 0 aliphatic heterocycles. The molecule has 0 spiro atoms. The second kappa shape index (κ2) is 7.35. The lowest BCUT2D eigenvalue weighted by Gasteiger charge is -2.12. The number of carbonyl (C=O) groups excluding carboxylic acids is 1. The number of rotatable bonds is 5. The van der Waals surface area contributed by atoms with Crippen LogP contribution in [-0.4, -0.2) is 39.8 Å². The second-order valence-corrected chi connectivity index (χ2v) is 6.27. The average molecular weight is 350 g/mol. The molecule has 7 heteroatoms. The molecule has 2 heterocycles. The highest BCUT2D eigenvalue weighted by atomic mass is 16.1. The van der Waals surface area contributed by atoms with Crippen LogP contribution in [0.25, 0.3) is 5.69 Å². The Bertz CT molecular complexity index is 917. The number of hydrogen-bond donors (Lipinski definition) is 1. The van der Waals surface area contributed by atoms with Crippen molar-refractivity contribution in [1.82, 2.24) is 25.1 Å². The van der Waals surface area contributed by atoms with Crippen LogP contribution in [0.15, 0.2) is 42.6 Å². The van der Waals surface area contributed by atoms with Gasteiger partial charge in [-0.05, 0) is 32.0 Å². The van der Waals surface area contributed by atoms with Crippen LogP contribution in [0, 0.1) is 13.8 Å². The lowest BCUT2D eigenvalue weighted by atomic mass is 10.2. The highest BCUT2D eigenvalue weighted by Crippen LogP contribution is 2.14. The Labute approximate surface area is 152 Å². The van der Waals surface area contributed by atoms with E-state index in [4.69, 9.17) is 0 Å². The maximum absolute atomic E-state index is 12.6. The largest absolute Gasteiger partial charge is 0.347 e. The number of anilines is 1. The molecule has 0 saturated heterocycles. The number of aromatic nitrogens is 4. The van der Waals surface area contributed by atoms with E-state index in [1.807, 2.05) is 69.2 Å². The van der Waals surface area contributed by atoms with Gasteiger partial charge in [0.05, 0.1) is 35.4 Å². The fraction of sp³-hybridized carbons (Fsp3) is 0.263. The normalized spacial score (nSPS) is 10.6. The fourth-order valence-electron chi connectivity index (χ4n) is 2.64. The van der Waals surface area contributed by atoms with Gasteiger partial charge in [0, 0.05) is 19.8 Å². The number of nitrogens with one attached hydrogen (secondary N) is 1. The minimum atomic E-state index is -0.174. The number of para-hydroxylation sites is 1. The van der Waals surface area contributed by atoms with Crippen LogP contribution in [0.5, 0.6) is 0 Å². The molecule has 0 aliphatic carbocycles. The first-order valence-corrected chi connectivity index (χ1v) is 8.36. The van der Waals surface area contributed by atoms with E-state index in [1.165, 1.54) is 0 Å². The first kappa shape index (κ1) is 17.6. The Hall–Kier alpha value is -3.22. The second-order valence-electron chi connectivity index (χ2n) is 6.27. The smallest absolute Gasteiger partial charge is 0.255 e. The lowest BCUT2D eigenvalue weighted by molar-refractivity contribution is 0.0949. The Balaban J connectivity index is 1.75. The minimum absolute atomic E-state index is 0.174. The van der Waals surface area contributed by atoms with Gasteiger partial charge in [-0.15, -0.1) is 0 Å². The molecule has 1 N–H and O–H groups in total. The summed E-state index contributed by atoms with van der Waals surface area (Å²) in [6.07, 6.45) is 1.59. The van der Waals surface area contributed by atoms with Crippen molar-refractivity contribution in [2.24, 2.45) is 0 Å². The molecule has 0 bridgehead atoms. The van der Waals surface area contributed by atoms with Gasteiger partial charge in [-0.25, -0.2) is 14.6 Å². The van der Waals surface area contributed by atoms with Crippen LogP contribution in [-0.2, 0) is 6.54 Å². The summed E-state index contributed by atoms with van der Waals surface area (Å²) in [5.74, 6) is 0.453. The summed E-state index contributed by atoms with van der Waals surface area (Å²) >= 11 is 0. The van der Waals surface area contributed by atoms with E-state index < -0.39 is 0 Å². The topological polar surface area (TPSA) is 75.9 Å². The van der Waals surface area contributed by atoms with E-state index >= 15 is 0 Å². The average Bonchev–Trinajstić information content (AvgIpc) is 3.01. The number of nitrogens with zero attached hydrogens (tertiary/aromatic N) is 5. The molecule has 0 saturated carbocycles. The van der Waals surface area contributed by atoms with Crippen molar-refractivity contribution in [1.29, 1.82) is 0 Å². The summed E-state index contributed by atoms with van der Waals surface area (Å²) in [6, 6.07) is 11.6. The molecule has 1 aromatic carbocycles. The zero-order valence-electron chi connectivity index (χ0n) is 15.4. The maximum atomic E-state index is 12.6. The van der Waals surface area contributed by atoms with Crippen LogP contribution >= 0.6 is 0 Å². The summed E-state index contributed by atoms with van der Waals surface area (Å²) in [5.41, 5.74) is 3.89. The lowest BCUT2D eigenvalue weighted by Crippen LogP contribution is -2.24. The molecule has 3 aromatic rings. The van der Waals surface area contributed by atoms with Crippen LogP contribution in [0.2, 0.25) is 0 Å². The summed E-state index contributed by atoms with van der Waals surface area (Å²) in [4.78, 5) is 23.2. The Morgan fingerprint density at radius 3 is 2.58 bits per heavy atom. The van der Waals surface area contributed by atoms with Gasteiger partial charge in [-0.2, -0.15) is 5.10 Å². The van der Waals surface area contributed by atoms with E-state index in [9.17, 15) is 4.79 Å². The van der Waals surface area contributed by atoms with Crippen LogP contribution in [0.4, 0.5) is 5.95 Å². The zero-order chi connectivity index (χ0) is 18.7. The van der Waals surface area contributed by atoms with Gasteiger partial charge in [0.15, 0.2) is 0 Å². The third kappa shape index (κ3) is 3.72. The van der Waals surface area contributed by atoms with Gasteiger partial charge >= 0.3 is 0 Å². The predicted octanol–water partition coefficient (Wildman–Crippen LogP) is 2.28. The van der Waals surface area contributed by atoms with Crippen LogP contribution < -0.4 is 10.2 Å². The van der Waals surface area contributed by atoms with Crippen molar-refractivity contribution in [3.8, 4) is 5.69 Å². The molecule has 26 heavy (non-hydrogen) atoms. The third-order valence-electron chi connectivity index (χ3n) is 3.98. The zero-order valence-corrected chi connectivity index (χ0v) is 15.4. The fourth-order valence-corrected chi connectivity index (χ4v) is 2.64. The van der Waals surface area contributed by atoms with Crippen molar-refractivity contribution in [3.63, 3.8) is 0 Å². The molecular formula is C19H22N6O. The standard InChI is InChI=1S/C19H22N6O/c1-13-10-15(23-19(22-13)24(3)4)11-20-18(26)17-12-21-25(14(17)2)16-8-6-5-7-9-16/h5-10,12H,11H2,1-4H3,(H,20,26). The van der Waals surface area contributed by atoms with E-state index in [-0.39, 0.29) is 5.91 Å². The minimum Gasteiger partial charge on any atom is -0.347 e. The molecule has 0 radical (unpaired) electrons. The van der Waals surface area contributed by atoms with E-state index in [0.717, 1.165) is 22.8 Å². The monoisotopic (exact) mass is 350 g/mol. The molecule has 1 amide bonds. The van der Waals surface area contributed by atoms with Crippen molar-refractivity contribution in [2.75, 3.05) is 19.0 Å². The van der Waals surface area contributed by atoms with Gasteiger partial charge in [0.1, 0.15) is 0 Å². The molecule has 134 valence electrons. The highest BCUT2D eigenvalue weighted by molar-refractivity contribution is 5.95. The Kier molecular flexibility index (Phi) is 4.97. The molecule has 0 unspecified atom stereocenters. The molecular weight excluding hydrogens is 328 g/mol. The van der Waals surface area contributed by atoms with Gasteiger partial charge in [-0.3, -0.25) is 4.79 Å². The Morgan fingerprint density at radius 2 is 1.88 bits per heavy atom. The summed E-state index contributed by atoms with van der Waals surface area (Å²) in [5, 5.41) is 7.25. The van der Waals surface area contributed by atoms with Crippen molar-refractivity contribution < 1.29 is 4.79 Å². The number of amides is 1. The number of aryl methyl sites for hydroxylation is 1. The molecule has 0 aliphatic rings. The highest BCUT2D eigenvalue weighted by Gasteiger charge is 2.15. The van der Waals surface area contributed by atoms with Crippen LogP contribution in [0.1, 0.15) is 27.4 Å². The third-order valence-corrected chi connectivity index (χ3v) is 3.98. The SMILES string of the molecule is Cc1cc(CNC(=O)c2cnn(-c3ccccc3)c2C)nc(N(C)C)n1. The van der Waals surface area contributed by atoms with Gasteiger partial charge in [0.25, 0.3) is 5.91 Å². The van der Waals surface area contributed by atoms with Crippen molar-refractivity contribution >= 4 is 11.9 Å². The quantitative estimate of drug-likeness (QED) is 0.764. The number of hydrogen-bond acceptors (Lipinski definition) is 5. The first-order chi connectivity index (χ1) is 12.5. The van der Waals surface area contributed by atoms with Crippen LogP contribution in [0.3, 0.4) is 0 Å². The van der Waals surface area contributed by atoms with E-state index in [0.29, 0.717) is 18.1 Å². The number of carbonyl (C=O) groups is 1. The van der Waals surface area contributed by atoms with Gasteiger partial charge < -0.3 is 10.2 Å². The Morgan fingerprint density at radius 1 is 1.15 bits per heavy atom. The van der Waals surface area contributed by atoms with E-state index in [1.54, 1.807) is 10.9 Å². The molecule has 3 rings (SSSR count). The molecule has 7 nitrogen and oxygen atoms in total. The van der Waals surface area contributed by atoms with E-state index in [2.05, 4.69) is 20.4 Å². The molecule has 0 atom stereocenters. The number of benzene rings is 1.